The molecule has 1 nitrogen and oxygen atoms in total. The zero-order valence-electron chi connectivity index (χ0n) is 2.14. The summed E-state index contributed by atoms with van der Waals surface area (Å²) in [4.78, 5) is -0.995. The van der Waals surface area contributed by atoms with Gasteiger partial charge in [-0.3, -0.25) is 4.57 Å². The lowest BCUT2D eigenvalue weighted by molar-refractivity contribution is 0.602. The third kappa shape index (κ3) is 8.92. The van der Waals surface area contributed by atoms with Gasteiger partial charge in [0.2, 0.25) is 8.46 Å². The van der Waals surface area contributed by atoms with E-state index in [0.29, 0.717) is 0 Å². The van der Waals surface area contributed by atoms with E-state index in [9.17, 15) is 4.39 Å². The molecule has 38 valence electrons. The van der Waals surface area contributed by atoms with Crippen LogP contribution in [0.5, 0.6) is 0 Å². The van der Waals surface area contributed by atoms with Crippen LogP contribution in [0.4, 0.5) is 4.39 Å². The summed E-state index contributed by atoms with van der Waals surface area (Å²) in [6, 6.07) is 0. The second-order valence-electron chi connectivity index (χ2n) is 0.344. The van der Waals surface area contributed by atoms with Gasteiger partial charge in [-0.2, -0.15) is 4.39 Å². The van der Waals surface area contributed by atoms with E-state index >= 15 is 0 Å². The number of thiocarbonyl (C=S) groups is 1. The molecule has 0 aliphatic heterocycles. The summed E-state index contributed by atoms with van der Waals surface area (Å²) in [5.41, 5.74) is 0. The first-order valence-corrected chi connectivity index (χ1v) is 2.02. The quantitative estimate of drug-likeness (QED) is 0.308. The maximum atomic E-state index is 10.8. The lowest BCUT2D eigenvalue weighted by atomic mass is 11.8. The zero-order valence-corrected chi connectivity index (χ0v) is 3.85. The smallest absolute Gasteiger partial charge is 0.254 e. The van der Waals surface area contributed by atoms with Crippen molar-refractivity contribution >= 4 is 25.5 Å². The van der Waals surface area contributed by atoms with Crippen LogP contribution < -0.4 is 0 Å². The Morgan fingerprint density at radius 1 is 2.00 bits per heavy atom. The Hall–Kier alpha value is 0.120. The van der Waals surface area contributed by atoms with Crippen molar-refractivity contribution in [3.05, 3.63) is 0 Å². The first-order chi connectivity index (χ1) is 2.27. The molecule has 0 aromatic heterocycles. The number of halogens is 1. The van der Waals surface area contributed by atoms with E-state index in [-0.39, 0.29) is 8.85 Å². The Labute approximate surface area is 44.2 Å². The van der Waals surface area contributed by atoms with Crippen molar-refractivity contribution in [1.82, 2.24) is 0 Å². The summed E-state index contributed by atoms with van der Waals surface area (Å²) in [6.45, 7) is 0. The number of hydrogen-bond donors (Lipinski definition) is 0. The summed E-state index contributed by atoms with van der Waals surface area (Å²) < 4.78 is 19.9. The van der Waals surface area contributed by atoms with Crippen LogP contribution in [0.25, 0.3) is 0 Å². The standard InChI is InChI=1S/CFOPS.CH4.H2/c2-1(5)4-3;;/h;1H4;1H/i;;1+2. The number of hydrogen-bond acceptors (Lipinski definition) is 2. The monoisotopic (exact) mass is 130 g/mol. The highest BCUT2D eigenvalue weighted by atomic mass is 32.1. The van der Waals surface area contributed by atoms with Crippen molar-refractivity contribution in [3.63, 3.8) is 0 Å². The summed E-state index contributed by atoms with van der Waals surface area (Å²) >= 11 is 3.71. The predicted molar refractivity (Wildman–Crippen MR) is 30.2 cm³/mol. The fourth-order valence-electron chi connectivity index (χ4n) is 0. The molecule has 4 heteroatoms. The van der Waals surface area contributed by atoms with Gasteiger partial charge in [-0.05, 0) is 12.2 Å². The minimum atomic E-state index is -0.995. The molecule has 0 unspecified atom stereocenters. The van der Waals surface area contributed by atoms with E-state index < -0.39 is 13.3 Å². The first-order valence-electron chi connectivity index (χ1n) is 0.799. The molecule has 0 saturated carbocycles. The van der Waals surface area contributed by atoms with E-state index in [1.165, 1.54) is 0 Å². The maximum Gasteiger partial charge on any atom is 0.254 e. The highest BCUT2D eigenvalue weighted by Gasteiger charge is 1.79. The van der Waals surface area contributed by atoms with Crippen LogP contribution in [-0.2, 0) is 4.57 Å². The summed E-state index contributed by atoms with van der Waals surface area (Å²) in [7, 11) is -0.688. The van der Waals surface area contributed by atoms with Gasteiger partial charge in [0.1, 0.15) is 0 Å². The van der Waals surface area contributed by atoms with E-state index in [2.05, 4.69) is 12.2 Å². The van der Waals surface area contributed by atoms with Crippen LogP contribution in [0.15, 0.2) is 0 Å². The zero-order chi connectivity index (χ0) is 4.28. The van der Waals surface area contributed by atoms with Gasteiger partial charge in [0.15, 0.2) is 0 Å². The largest absolute Gasteiger partial charge is 0.266 e. The molecule has 0 spiro atoms. The fourth-order valence-corrected chi connectivity index (χ4v) is 0. The third-order valence-corrected chi connectivity index (χ3v) is 0.439. The molecular weight excluding hydrogens is 122 g/mol. The molecule has 6 heavy (non-hydrogen) atoms. The summed E-state index contributed by atoms with van der Waals surface area (Å²) in [5.74, 6) is 0. The van der Waals surface area contributed by atoms with E-state index in [0.717, 1.165) is 0 Å². The molecule has 0 amide bonds. The van der Waals surface area contributed by atoms with Crippen molar-refractivity contribution < 1.29 is 10.4 Å². The molecule has 0 rings (SSSR count). The minimum absolute atomic E-state index is 0. The molecule has 0 bridgehead atoms. The second kappa shape index (κ2) is 5.12. The molecular formula is C2H6FOPS. The SMILES string of the molecule is C.O=PC(F)=S.[3HH]. The number of rotatable bonds is 1. The Kier molecular flexibility index (Phi) is 8.07. The highest BCUT2D eigenvalue weighted by molar-refractivity contribution is 7.90. The van der Waals surface area contributed by atoms with Gasteiger partial charge in [-0.1, -0.05) is 7.43 Å². The summed E-state index contributed by atoms with van der Waals surface area (Å²) in [6.07, 6.45) is 0. The molecule has 0 aromatic carbocycles. The molecule has 0 fully saturated rings. The van der Waals surface area contributed by atoms with Gasteiger partial charge >= 0.3 is 0 Å². The normalized spacial score (nSPS) is 6.83. The van der Waals surface area contributed by atoms with Gasteiger partial charge in [0.25, 0.3) is 4.86 Å². The minimum Gasteiger partial charge on any atom is -0.266 e. The van der Waals surface area contributed by atoms with Gasteiger partial charge in [0.05, 0.1) is 0 Å². The first kappa shape index (κ1) is 9.45. The fraction of sp³-hybridized carbons (Fsp3) is 0.500. The van der Waals surface area contributed by atoms with Gasteiger partial charge in [-0.15, -0.1) is 0 Å². The average Bonchev–Trinajstić information content (AvgIpc) is 1.38. The average molecular weight is 130 g/mol. The van der Waals surface area contributed by atoms with E-state index in [4.69, 9.17) is 4.57 Å². The Morgan fingerprint density at radius 3 is 2.17 bits per heavy atom. The van der Waals surface area contributed by atoms with Crippen LogP contribution >= 0.6 is 20.7 Å². The molecule has 0 N–H and O–H groups in total. The van der Waals surface area contributed by atoms with Gasteiger partial charge in [-0.25, -0.2) is 0 Å². The third-order valence-electron chi connectivity index (χ3n) is 0.0718. The Morgan fingerprint density at radius 2 is 2.17 bits per heavy atom. The van der Waals surface area contributed by atoms with Gasteiger partial charge in [0, 0.05) is 1.43 Å². The molecule has 0 saturated heterocycles. The Bertz CT molecular complexity index is 68.7. The van der Waals surface area contributed by atoms with Crippen molar-refractivity contribution in [2.45, 2.75) is 7.43 Å². The maximum absolute atomic E-state index is 10.8. The molecule has 0 aromatic rings. The lowest BCUT2D eigenvalue weighted by Gasteiger charge is -1.54. The van der Waals surface area contributed by atoms with Crippen molar-refractivity contribution in [2.75, 3.05) is 0 Å². The van der Waals surface area contributed by atoms with Crippen molar-refractivity contribution in [2.24, 2.45) is 0 Å². The van der Waals surface area contributed by atoms with Crippen LogP contribution in [0, 0.1) is 0 Å². The van der Waals surface area contributed by atoms with Crippen molar-refractivity contribution in [3.8, 4) is 0 Å². The molecule has 0 aliphatic carbocycles. The molecule has 0 radical (unpaired) electrons. The topological polar surface area (TPSA) is 17.1 Å². The summed E-state index contributed by atoms with van der Waals surface area (Å²) in [5, 5.41) is 0. The van der Waals surface area contributed by atoms with E-state index in [1.54, 1.807) is 0 Å². The molecule has 0 aliphatic rings. The predicted octanol–water partition coefficient (Wildman–Crippen LogP) is 2.41. The second-order valence-corrected chi connectivity index (χ2v) is 1.58. The van der Waals surface area contributed by atoms with E-state index in [1.807, 2.05) is 0 Å². The van der Waals surface area contributed by atoms with Crippen LogP contribution in [0.3, 0.4) is 0 Å². The Balaban J connectivity index is -0.0000000800. The molecule has 0 atom stereocenters. The molecule has 0 heterocycles. The van der Waals surface area contributed by atoms with Crippen molar-refractivity contribution in [1.29, 1.82) is 0 Å². The van der Waals surface area contributed by atoms with Gasteiger partial charge < -0.3 is 0 Å². The van der Waals surface area contributed by atoms with Crippen LogP contribution in [0.2, 0.25) is 0 Å². The lowest BCUT2D eigenvalue weighted by Crippen LogP contribution is -1.52. The highest BCUT2D eigenvalue weighted by Crippen LogP contribution is 1.95. The van der Waals surface area contributed by atoms with Crippen LogP contribution in [0.1, 0.15) is 8.85 Å². The van der Waals surface area contributed by atoms with Crippen LogP contribution in [-0.4, -0.2) is 4.86 Å².